The highest BCUT2D eigenvalue weighted by Crippen LogP contribution is 2.43. The number of nitrogens with zero attached hydrogens (tertiary/aromatic N) is 1. The molecule has 0 spiro atoms. The Bertz CT molecular complexity index is 966. The van der Waals surface area contributed by atoms with Gasteiger partial charge >= 0.3 is 6.03 Å². The summed E-state index contributed by atoms with van der Waals surface area (Å²) in [5.74, 6) is 0. The first-order chi connectivity index (χ1) is 13.9. The molecule has 2 N–H and O–H groups in total. The van der Waals surface area contributed by atoms with Crippen molar-refractivity contribution in [2.45, 2.75) is 44.0 Å². The summed E-state index contributed by atoms with van der Waals surface area (Å²) >= 11 is 0. The standard InChI is InChI=1S/C22H27N3O3S/c1-15(2)29(27,28)24-16-11-13-25(14-12-16)22(26)23-21-19-9-5-3-7-17(19)18-8-4-6-10-20(18)21/h3-10,15-16,21,24H,11-14H2,1-2H3,(H,23,26). The Morgan fingerprint density at radius 3 is 2.00 bits per heavy atom. The summed E-state index contributed by atoms with van der Waals surface area (Å²) in [4.78, 5) is 14.7. The lowest BCUT2D eigenvalue weighted by Gasteiger charge is -2.33. The Balaban J connectivity index is 1.42. The molecule has 0 atom stereocenters. The Hall–Kier alpha value is -2.38. The number of piperidine rings is 1. The molecular weight excluding hydrogens is 386 g/mol. The van der Waals surface area contributed by atoms with Crippen LogP contribution < -0.4 is 10.0 Å². The Kier molecular flexibility index (Phi) is 5.36. The van der Waals surface area contributed by atoms with E-state index in [-0.39, 0.29) is 18.1 Å². The molecule has 0 saturated carbocycles. The SMILES string of the molecule is CC(C)S(=O)(=O)NC1CCN(C(=O)NC2c3ccccc3-c3ccccc32)CC1. The number of urea groups is 1. The molecule has 1 saturated heterocycles. The molecule has 2 aromatic rings. The predicted molar refractivity (Wildman–Crippen MR) is 114 cm³/mol. The molecule has 0 radical (unpaired) electrons. The molecule has 7 heteroatoms. The van der Waals surface area contributed by atoms with Crippen molar-refractivity contribution in [1.82, 2.24) is 14.9 Å². The number of carbonyl (C=O) groups excluding carboxylic acids is 1. The molecule has 1 aliphatic carbocycles. The van der Waals surface area contributed by atoms with E-state index >= 15 is 0 Å². The van der Waals surface area contributed by atoms with Crippen LogP contribution in [-0.2, 0) is 10.0 Å². The highest BCUT2D eigenvalue weighted by atomic mass is 32.2. The monoisotopic (exact) mass is 413 g/mol. The number of sulfonamides is 1. The van der Waals surface area contributed by atoms with Crippen molar-refractivity contribution >= 4 is 16.1 Å². The van der Waals surface area contributed by atoms with Gasteiger partial charge in [0, 0.05) is 19.1 Å². The molecule has 0 bridgehead atoms. The molecule has 2 amide bonds. The lowest BCUT2D eigenvalue weighted by Crippen LogP contribution is -2.50. The topological polar surface area (TPSA) is 78.5 Å². The van der Waals surface area contributed by atoms with Crippen LogP contribution in [0.3, 0.4) is 0 Å². The average Bonchev–Trinajstić information content (AvgIpc) is 3.02. The molecule has 2 aromatic carbocycles. The first-order valence-corrected chi connectivity index (χ1v) is 11.7. The molecule has 4 rings (SSSR count). The molecule has 1 heterocycles. The Labute approximate surface area is 172 Å². The maximum Gasteiger partial charge on any atom is 0.318 e. The van der Waals surface area contributed by atoms with Gasteiger partial charge in [0.25, 0.3) is 0 Å². The zero-order valence-corrected chi connectivity index (χ0v) is 17.6. The van der Waals surface area contributed by atoms with Crippen LogP contribution in [0.2, 0.25) is 0 Å². The van der Waals surface area contributed by atoms with Gasteiger partial charge in [0.2, 0.25) is 10.0 Å². The third kappa shape index (κ3) is 3.89. The van der Waals surface area contributed by atoms with Gasteiger partial charge in [-0.15, -0.1) is 0 Å². The van der Waals surface area contributed by atoms with Crippen molar-refractivity contribution in [3.63, 3.8) is 0 Å². The minimum atomic E-state index is -3.29. The third-order valence-corrected chi connectivity index (χ3v) is 7.74. The molecule has 6 nitrogen and oxygen atoms in total. The van der Waals surface area contributed by atoms with Gasteiger partial charge in [0.1, 0.15) is 0 Å². The van der Waals surface area contributed by atoms with Gasteiger partial charge in [0.15, 0.2) is 0 Å². The molecule has 154 valence electrons. The van der Waals surface area contributed by atoms with E-state index in [9.17, 15) is 13.2 Å². The van der Waals surface area contributed by atoms with Crippen LogP contribution in [0.1, 0.15) is 43.9 Å². The first-order valence-electron chi connectivity index (χ1n) is 10.1. The van der Waals surface area contributed by atoms with Crippen molar-refractivity contribution in [3.05, 3.63) is 59.7 Å². The molecule has 0 unspecified atom stereocenters. The van der Waals surface area contributed by atoms with E-state index in [4.69, 9.17) is 0 Å². The quantitative estimate of drug-likeness (QED) is 0.808. The Morgan fingerprint density at radius 1 is 0.966 bits per heavy atom. The minimum Gasteiger partial charge on any atom is -0.327 e. The van der Waals surface area contributed by atoms with E-state index in [0.717, 1.165) is 22.3 Å². The number of carbonyl (C=O) groups is 1. The van der Waals surface area contributed by atoms with Crippen molar-refractivity contribution in [3.8, 4) is 11.1 Å². The maximum absolute atomic E-state index is 12.9. The summed E-state index contributed by atoms with van der Waals surface area (Å²) in [6, 6.07) is 16.0. The molecular formula is C22H27N3O3S. The van der Waals surface area contributed by atoms with Crippen LogP contribution in [0.5, 0.6) is 0 Å². The Morgan fingerprint density at radius 2 is 1.48 bits per heavy atom. The normalized spacial score (nSPS) is 17.3. The first kappa shape index (κ1) is 19.9. The lowest BCUT2D eigenvalue weighted by molar-refractivity contribution is 0.178. The lowest BCUT2D eigenvalue weighted by atomic mass is 10.0. The second-order valence-electron chi connectivity index (χ2n) is 8.03. The molecule has 1 fully saturated rings. The summed E-state index contributed by atoms with van der Waals surface area (Å²) < 4.78 is 26.9. The zero-order chi connectivity index (χ0) is 20.6. The van der Waals surface area contributed by atoms with E-state index in [1.54, 1.807) is 18.7 Å². The number of rotatable bonds is 4. The smallest absolute Gasteiger partial charge is 0.318 e. The van der Waals surface area contributed by atoms with E-state index < -0.39 is 15.3 Å². The number of amides is 2. The van der Waals surface area contributed by atoms with Crippen molar-refractivity contribution in [2.75, 3.05) is 13.1 Å². The number of hydrogen-bond acceptors (Lipinski definition) is 3. The summed E-state index contributed by atoms with van der Waals surface area (Å²) in [5, 5.41) is 2.74. The van der Waals surface area contributed by atoms with Gasteiger partial charge in [-0.25, -0.2) is 17.9 Å². The number of hydrogen-bond donors (Lipinski definition) is 2. The number of nitrogens with one attached hydrogen (secondary N) is 2. The fourth-order valence-corrected chi connectivity index (χ4v) is 5.07. The summed E-state index contributed by atoms with van der Waals surface area (Å²) in [5.41, 5.74) is 4.55. The number of fused-ring (bicyclic) bond motifs is 3. The molecule has 1 aliphatic heterocycles. The molecule has 2 aliphatic rings. The van der Waals surface area contributed by atoms with Gasteiger partial charge in [-0.1, -0.05) is 48.5 Å². The van der Waals surface area contributed by atoms with Crippen LogP contribution in [-0.4, -0.2) is 43.7 Å². The maximum atomic E-state index is 12.9. The number of benzene rings is 2. The second kappa shape index (κ2) is 7.80. The summed E-state index contributed by atoms with van der Waals surface area (Å²) in [6.07, 6.45) is 1.24. The van der Waals surface area contributed by atoms with Crippen molar-refractivity contribution < 1.29 is 13.2 Å². The number of likely N-dealkylation sites (tertiary alicyclic amines) is 1. The van der Waals surface area contributed by atoms with E-state index in [0.29, 0.717) is 25.9 Å². The third-order valence-electron chi connectivity index (χ3n) is 5.84. The fourth-order valence-electron chi connectivity index (χ4n) is 4.09. The van der Waals surface area contributed by atoms with Crippen molar-refractivity contribution in [1.29, 1.82) is 0 Å². The van der Waals surface area contributed by atoms with E-state index in [1.165, 1.54) is 0 Å². The van der Waals surface area contributed by atoms with Crippen LogP contribution in [0, 0.1) is 0 Å². The zero-order valence-electron chi connectivity index (χ0n) is 16.8. The largest absolute Gasteiger partial charge is 0.327 e. The van der Waals surface area contributed by atoms with Gasteiger partial charge < -0.3 is 10.2 Å². The van der Waals surface area contributed by atoms with Gasteiger partial charge in [0.05, 0.1) is 11.3 Å². The van der Waals surface area contributed by atoms with Gasteiger partial charge in [-0.3, -0.25) is 0 Å². The van der Waals surface area contributed by atoms with Crippen LogP contribution >= 0.6 is 0 Å². The highest BCUT2D eigenvalue weighted by molar-refractivity contribution is 7.90. The van der Waals surface area contributed by atoms with Gasteiger partial charge in [-0.2, -0.15) is 0 Å². The van der Waals surface area contributed by atoms with Crippen LogP contribution in [0.25, 0.3) is 11.1 Å². The van der Waals surface area contributed by atoms with E-state index in [2.05, 4.69) is 34.3 Å². The molecule has 0 aromatic heterocycles. The minimum absolute atomic E-state index is 0.105. The summed E-state index contributed by atoms with van der Waals surface area (Å²) in [7, 11) is -3.29. The predicted octanol–water partition coefficient (Wildman–Crippen LogP) is 3.26. The van der Waals surface area contributed by atoms with Crippen LogP contribution in [0.15, 0.2) is 48.5 Å². The average molecular weight is 414 g/mol. The van der Waals surface area contributed by atoms with Crippen LogP contribution in [0.4, 0.5) is 4.79 Å². The highest BCUT2D eigenvalue weighted by Gasteiger charge is 2.32. The fraction of sp³-hybridized carbons (Fsp3) is 0.409. The van der Waals surface area contributed by atoms with E-state index in [1.807, 2.05) is 24.3 Å². The summed E-state index contributed by atoms with van der Waals surface area (Å²) in [6.45, 7) is 4.41. The molecule has 29 heavy (non-hydrogen) atoms. The van der Waals surface area contributed by atoms with Gasteiger partial charge in [-0.05, 0) is 48.9 Å². The second-order valence-corrected chi connectivity index (χ2v) is 10.3. The van der Waals surface area contributed by atoms with Crippen molar-refractivity contribution in [2.24, 2.45) is 0 Å².